The van der Waals surface area contributed by atoms with Crippen LogP contribution in [-0.4, -0.2) is 35.1 Å². The zero-order valence-corrected chi connectivity index (χ0v) is 15.6. The quantitative estimate of drug-likeness (QED) is 0.869. The van der Waals surface area contributed by atoms with Crippen molar-refractivity contribution in [3.8, 4) is 5.88 Å². The van der Waals surface area contributed by atoms with E-state index in [1.807, 2.05) is 26.0 Å². The summed E-state index contributed by atoms with van der Waals surface area (Å²) in [6, 6.07) is 3.54. The van der Waals surface area contributed by atoms with E-state index in [4.69, 9.17) is 4.74 Å². The smallest absolute Gasteiger partial charge is 0.317 e. The Kier molecular flexibility index (Phi) is 6.14. The predicted octanol–water partition coefficient (Wildman–Crippen LogP) is 3.32. The summed E-state index contributed by atoms with van der Waals surface area (Å²) in [4.78, 5) is 24.0. The third-order valence-electron chi connectivity index (χ3n) is 3.93. The summed E-state index contributed by atoms with van der Waals surface area (Å²) >= 11 is 1.67. The molecule has 0 radical (unpaired) electrons. The van der Waals surface area contributed by atoms with Gasteiger partial charge in [0.2, 0.25) is 5.88 Å². The standard InChI is InChI=1S/C17H24N4O2S/c1-6-14-20-11(2)15(24-14)12(3)21(4)17(22)19-10-13-8-7-9-18-16(13)23-5/h7-9,12H,6,10H2,1-5H3,(H,19,22)/t12-/m1/s1. The lowest BCUT2D eigenvalue weighted by Gasteiger charge is -2.25. The third kappa shape index (κ3) is 4.03. The van der Waals surface area contributed by atoms with Gasteiger partial charge in [-0.2, -0.15) is 0 Å². The van der Waals surface area contributed by atoms with Gasteiger partial charge in [-0.1, -0.05) is 13.0 Å². The molecule has 1 atom stereocenters. The van der Waals surface area contributed by atoms with E-state index in [0.717, 1.165) is 27.6 Å². The van der Waals surface area contributed by atoms with Crippen LogP contribution in [0, 0.1) is 6.92 Å². The van der Waals surface area contributed by atoms with Gasteiger partial charge in [0.25, 0.3) is 0 Å². The lowest BCUT2D eigenvalue weighted by Crippen LogP contribution is -2.38. The highest BCUT2D eigenvalue weighted by Gasteiger charge is 2.21. The van der Waals surface area contributed by atoms with Gasteiger partial charge in [0.15, 0.2) is 0 Å². The molecule has 2 aromatic rings. The van der Waals surface area contributed by atoms with Crippen LogP contribution < -0.4 is 10.1 Å². The molecule has 0 aliphatic rings. The van der Waals surface area contributed by atoms with Crippen LogP contribution in [0.2, 0.25) is 0 Å². The SMILES string of the molecule is CCc1nc(C)c([C@@H](C)N(C)C(=O)NCc2cccnc2OC)s1. The Morgan fingerprint density at radius 1 is 1.50 bits per heavy atom. The average Bonchev–Trinajstić information content (AvgIpc) is 2.99. The number of amides is 2. The molecule has 1 N–H and O–H groups in total. The fourth-order valence-corrected chi connectivity index (χ4v) is 3.50. The number of aryl methyl sites for hydroxylation is 2. The molecule has 0 bridgehead atoms. The maximum Gasteiger partial charge on any atom is 0.317 e. The number of hydrogen-bond donors (Lipinski definition) is 1. The summed E-state index contributed by atoms with van der Waals surface area (Å²) in [5.74, 6) is 0.527. The van der Waals surface area contributed by atoms with Crippen LogP contribution in [0.25, 0.3) is 0 Å². The van der Waals surface area contributed by atoms with Crippen molar-refractivity contribution in [2.24, 2.45) is 0 Å². The second-order valence-electron chi connectivity index (χ2n) is 5.53. The monoisotopic (exact) mass is 348 g/mol. The van der Waals surface area contributed by atoms with Gasteiger partial charge in [-0.3, -0.25) is 0 Å². The van der Waals surface area contributed by atoms with Crippen LogP contribution in [-0.2, 0) is 13.0 Å². The predicted molar refractivity (Wildman–Crippen MR) is 95.4 cm³/mol. The van der Waals surface area contributed by atoms with Crippen molar-refractivity contribution < 1.29 is 9.53 Å². The summed E-state index contributed by atoms with van der Waals surface area (Å²) in [6.45, 7) is 6.47. The van der Waals surface area contributed by atoms with Crippen molar-refractivity contribution in [3.63, 3.8) is 0 Å². The molecule has 24 heavy (non-hydrogen) atoms. The number of nitrogens with zero attached hydrogens (tertiary/aromatic N) is 3. The van der Waals surface area contributed by atoms with Crippen LogP contribution in [0.5, 0.6) is 5.88 Å². The van der Waals surface area contributed by atoms with Gasteiger partial charge in [0, 0.05) is 30.2 Å². The van der Waals surface area contributed by atoms with Crippen LogP contribution in [0.1, 0.15) is 41.0 Å². The highest BCUT2D eigenvalue weighted by atomic mass is 32.1. The zero-order valence-electron chi connectivity index (χ0n) is 14.8. The fraction of sp³-hybridized carbons (Fsp3) is 0.471. The van der Waals surface area contributed by atoms with Crippen molar-refractivity contribution in [3.05, 3.63) is 39.5 Å². The van der Waals surface area contributed by atoms with Gasteiger partial charge in [-0.05, 0) is 26.3 Å². The Hall–Kier alpha value is -2.15. The molecule has 0 unspecified atom stereocenters. The largest absolute Gasteiger partial charge is 0.481 e. The van der Waals surface area contributed by atoms with E-state index in [1.165, 1.54) is 0 Å². The first kappa shape index (κ1) is 18.2. The van der Waals surface area contributed by atoms with E-state index in [1.54, 1.807) is 36.6 Å². The highest BCUT2D eigenvalue weighted by Crippen LogP contribution is 2.28. The number of hydrogen-bond acceptors (Lipinski definition) is 5. The highest BCUT2D eigenvalue weighted by molar-refractivity contribution is 7.11. The number of carbonyl (C=O) groups excluding carboxylic acids is 1. The molecule has 0 aromatic carbocycles. The molecule has 2 heterocycles. The van der Waals surface area contributed by atoms with Crippen molar-refractivity contribution in [2.45, 2.75) is 39.8 Å². The minimum atomic E-state index is -0.140. The number of thiazole rings is 1. The summed E-state index contributed by atoms with van der Waals surface area (Å²) in [7, 11) is 3.37. The number of methoxy groups -OCH3 is 1. The fourth-order valence-electron chi connectivity index (χ4n) is 2.39. The molecule has 6 nitrogen and oxygen atoms in total. The number of urea groups is 1. The maximum absolute atomic E-state index is 12.5. The van der Waals surface area contributed by atoms with Crippen LogP contribution >= 0.6 is 11.3 Å². The Balaban J connectivity index is 2.02. The molecule has 2 amide bonds. The van der Waals surface area contributed by atoms with Crippen LogP contribution in [0.3, 0.4) is 0 Å². The zero-order chi connectivity index (χ0) is 17.7. The van der Waals surface area contributed by atoms with Crippen molar-refractivity contribution in [2.75, 3.05) is 14.2 Å². The minimum absolute atomic E-state index is 0.0291. The molecule has 130 valence electrons. The topological polar surface area (TPSA) is 67.4 Å². The number of ether oxygens (including phenoxy) is 1. The summed E-state index contributed by atoms with van der Waals surface area (Å²) in [6.07, 6.45) is 2.57. The van der Waals surface area contributed by atoms with Gasteiger partial charge in [0.05, 0.1) is 23.9 Å². The van der Waals surface area contributed by atoms with E-state index in [2.05, 4.69) is 22.2 Å². The first-order valence-corrected chi connectivity index (χ1v) is 8.74. The molecule has 0 aliphatic carbocycles. The lowest BCUT2D eigenvalue weighted by molar-refractivity contribution is 0.194. The van der Waals surface area contributed by atoms with Gasteiger partial charge in [-0.25, -0.2) is 14.8 Å². The van der Waals surface area contributed by atoms with E-state index in [9.17, 15) is 4.79 Å². The van der Waals surface area contributed by atoms with Gasteiger partial charge < -0.3 is 15.0 Å². The normalized spacial score (nSPS) is 11.9. The van der Waals surface area contributed by atoms with Gasteiger partial charge >= 0.3 is 6.03 Å². The Morgan fingerprint density at radius 3 is 2.88 bits per heavy atom. The van der Waals surface area contributed by atoms with Crippen molar-refractivity contribution >= 4 is 17.4 Å². The number of nitrogens with one attached hydrogen (secondary N) is 1. The van der Waals surface area contributed by atoms with E-state index < -0.39 is 0 Å². The molecular formula is C17H24N4O2S. The molecule has 0 fully saturated rings. The molecule has 0 saturated carbocycles. The number of rotatable bonds is 6. The second kappa shape index (κ2) is 8.10. The van der Waals surface area contributed by atoms with E-state index >= 15 is 0 Å². The molecular weight excluding hydrogens is 324 g/mol. The molecule has 0 saturated heterocycles. The number of pyridine rings is 1. The molecule has 2 rings (SSSR count). The average molecular weight is 348 g/mol. The van der Waals surface area contributed by atoms with Gasteiger partial charge in [-0.15, -0.1) is 11.3 Å². The summed E-state index contributed by atoms with van der Waals surface area (Å²) in [5.41, 5.74) is 1.84. The Bertz CT molecular complexity index is 702. The maximum atomic E-state index is 12.5. The lowest BCUT2D eigenvalue weighted by atomic mass is 10.2. The van der Waals surface area contributed by atoms with Crippen LogP contribution in [0.15, 0.2) is 18.3 Å². The summed E-state index contributed by atoms with van der Waals surface area (Å²) < 4.78 is 5.20. The van der Waals surface area contributed by atoms with Crippen molar-refractivity contribution in [1.82, 2.24) is 20.2 Å². The molecule has 0 aliphatic heterocycles. The van der Waals surface area contributed by atoms with Gasteiger partial charge in [0.1, 0.15) is 0 Å². The first-order chi connectivity index (χ1) is 11.5. The van der Waals surface area contributed by atoms with E-state index in [-0.39, 0.29) is 12.1 Å². The first-order valence-electron chi connectivity index (χ1n) is 7.92. The molecule has 2 aromatic heterocycles. The number of aromatic nitrogens is 2. The minimum Gasteiger partial charge on any atom is -0.481 e. The molecule has 0 spiro atoms. The Morgan fingerprint density at radius 2 is 2.25 bits per heavy atom. The second-order valence-corrected chi connectivity index (χ2v) is 6.64. The van der Waals surface area contributed by atoms with Crippen LogP contribution in [0.4, 0.5) is 4.79 Å². The number of carbonyl (C=O) groups is 1. The third-order valence-corrected chi connectivity index (χ3v) is 5.41. The Labute approximate surface area is 146 Å². The van der Waals surface area contributed by atoms with E-state index in [0.29, 0.717) is 12.4 Å². The van der Waals surface area contributed by atoms with Crippen molar-refractivity contribution in [1.29, 1.82) is 0 Å². The summed E-state index contributed by atoms with van der Waals surface area (Å²) in [5, 5.41) is 4.02. The molecule has 7 heteroatoms.